The molecule has 1 N–H and O–H groups in total. The number of nitrogens with one attached hydrogen (secondary N) is 1. The van der Waals surface area contributed by atoms with Crippen molar-refractivity contribution in [2.75, 3.05) is 12.0 Å². The third kappa shape index (κ3) is 3.57. The van der Waals surface area contributed by atoms with E-state index in [1.54, 1.807) is 12.1 Å². The molecule has 0 spiro atoms. The maximum absolute atomic E-state index is 12.8. The van der Waals surface area contributed by atoms with Crippen LogP contribution >= 0.6 is 11.6 Å². The van der Waals surface area contributed by atoms with Crippen LogP contribution in [-0.2, 0) is 14.3 Å². The van der Waals surface area contributed by atoms with E-state index in [1.165, 1.54) is 19.2 Å². The van der Waals surface area contributed by atoms with Crippen LogP contribution in [0.3, 0.4) is 0 Å². The van der Waals surface area contributed by atoms with E-state index < -0.39 is 17.8 Å². The number of benzene rings is 2. The maximum Gasteiger partial charge on any atom is 0.337 e. The molecule has 27 heavy (non-hydrogen) atoms. The number of anilines is 1. The first-order valence-electron chi connectivity index (χ1n) is 8.22. The fourth-order valence-corrected chi connectivity index (χ4v) is 3.01. The van der Waals surface area contributed by atoms with Crippen molar-refractivity contribution < 1.29 is 19.1 Å². The number of ether oxygens (including phenoxy) is 1. The molecule has 3 rings (SSSR count). The fourth-order valence-electron chi connectivity index (χ4n) is 2.79. The molecule has 1 unspecified atom stereocenters. The second kappa shape index (κ2) is 7.63. The van der Waals surface area contributed by atoms with Crippen LogP contribution in [0.15, 0.2) is 65.3 Å². The first kappa shape index (κ1) is 18.7. The summed E-state index contributed by atoms with van der Waals surface area (Å²) in [5, 5.41) is 2.83. The SMILES string of the molecule is COC(=O)c1cccc(N2C(=O)C(Cl)=C(NC(C)c3ccccc3)C2=O)c1. The van der Waals surface area contributed by atoms with E-state index in [-0.39, 0.29) is 28.0 Å². The molecule has 2 amide bonds. The van der Waals surface area contributed by atoms with Gasteiger partial charge in [-0.3, -0.25) is 9.59 Å². The molecule has 0 aromatic heterocycles. The van der Waals surface area contributed by atoms with Gasteiger partial charge in [0.05, 0.1) is 18.4 Å². The Morgan fingerprint density at radius 3 is 2.44 bits per heavy atom. The Hall–Kier alpha value is -3.12. The Morgan fingerprint density at radius 2 is 1.78 bits per heavy atom. The van der Waals surface area contributed by atoms with Crippen LogP contribution in [0.25, 0.3) is 0 Å². The molecule has 0 saturated carbocycles. The Balaban J connectivity index is 1.87. The van der Waals surface area contributed by atoms with E-state index in [4.69, 9.17) is 11.6 Å². The standard InChI is InChI=1S/C20H17ClN2O4/c1-12(13-7-4-3-5-8-13)22-17-16(21)18(24)23(19(17)25)15-10-6-9-14(11-15)20(26)27-2/h3-12,22H,1-2H3. The van der Waals surface area contributed by atoms with Gasteiger partial charge in [-0.2, -0.15) is 0 Å². The van der Waals surface area contributed by atoms with Gasteiger partial charge >= 0.3 is 5.97 Å². The topological polar surface area (TPSA) is 75.7 Å². The molecule has 0 saturated heterocycles. The quantitative estimate of drug-likeness (QED) is 0.633. The summed E-state index contributed by atoms with van der Waals surface area (Å²) in [6.07, 6.45) is 0. The van der Waals surface area contributed by atoms with Crippen molar-refractivity contribution >= 4 is 35.1 Å². The zero-order valence-electron chi connectivity index (χ0n) is 14.7. The summed E-state index contributed by atoms with van der Waals surface area (Å²) in [5.74, 6) is -1.78. The van der Waals surface area contributed by atoms with E-state index in [0.717, 1.165) is 10.5 Å². The Labute approximate surface area is 161 Å². The van der Waals surface area contributed by atoms with E-state index in [2.05, 4.69) is 10.1 Å². The van der Waals surface area contributed by atoms with Gasteiger partial charge in [0.25, 0.3) is 11.8 Å². The highest BCUT2D eigenvalue weighted by Crippen LogP contribution is 2.30. The average Bonchev–Trinajstić information content (AvgIpc) is 2.91. The highest BCUT2D eigenvalue weighted by Gasteiger charge is 2.39. The number of imide groups is 1. The lowest BCUT2D eigenvalue weighted by Crippen LogP contribution is -2.34. The third-order valence-electron chi connectivity index (χ3n) is 4.21. The van der Waals surface area contributed by atoms with Gasteiger partial charge in [-0.15, -0.1) is 0 Å². The Morgan fingerprint density at radius 1 is 1.07 bits per heavy atom. The van der Waals surface area contributed by atoms with Gasteiger partial charge in [0.2, 0.25) is 0 Å². The molecule has 0 aliphatic carbocycles. The minimum absolute atomic E-state index is 0.0292. The molecular weight excluding hydrogens is 368 g/mol. The summed E-state index contributed by atoms with van der Waals surface area (Å²) < 4.78 is 4.68. The zero-order chi connectivity index (χ0) is 19.6. The summed E-state index contributed by atoms with van der Waals surface area (Å²) in [4.78, 5) is 38.0. The average molecular weight is 385 g/mol. The second-order valence-electron chi connectivity index (χ2n) is 5.95. The van der Waals surface area contributed by atoms with Gasteiger partial charge in [-0.25, -0.2) is 9.69 Å². The van der Waals surface area contributed by atoms with Crippen molar-refractivity contribution in [2.24, 2.45) is 0 Å². The predicted molar refractivity (Wildman–Crippen MR) is 101 cm³/mol. The molecule has 7 heteroatoms. The van der Waals surface area contributed by atoms with Crippen LogP contribution in [0.4, 0.5) is 5.69 Å². The number of hydrogen-bond donors (Lipinski definition) is 1. The van der Waals surface area contributed by atoms with Crippen LogP contribution in [0.1, 0.15) is 28.9 Å². The van der Waals surface area contributed by atoms with Crippen LogP contribution in [0, 0.1) is 0 Å². The molecule has 0 fully saturated rings. The fraction of sp³-hybridized carbons (Fsp3) is 0.150. The highest BCUT2D eigenvalue weighted by molar-refractivity contribution is 6.52. The maximum atomic E-state index is 12.8. The van der Waals surface area contributed by atoms with E-state index >= 15 is 0 Å². The number of hydrogen-bond acceptors (Lipinski definition) is 5. The van der Waals surface area contributed by atoms with Gasteiger partial charge in [0.1, 0.15) is 10.7 Å². The zero-order valence-corrected chi connectivity index (χ0v) is 15.5. The Kier molecular flexibility index (Phi) is 5.28. The lowest BCUT2D eigenvalue weighted by atomic mass is 10.1. The number of methoxy groups -OCH3 is 1. The molecule has 1 heterocycles. The first-order chi connectivity index (χ1) is 12.9. The van der Waals surface area contributed by atoms with Crippen molar-refractivity contribution in [3.8, 4) is 0 Å². The van der Waals surface area contributed by atoms with Crippen molar-refractivity contribution in [3.63, 3.8) is 0 Å². The smallest absolute Gasteiger partial charge is 0.337 e. The molecule has 1 aliphatic heterocycles. The van der Waals surface area contributed by atoms with Gasteiger partial charge in [-0.1, -0.05) is 48.0 Å². The molecule has 138 valence electrons. The molecule has 6 nitrogen and oxygen atoms in total. The number of esters is 1. The molecule has 1 atom stereocenters. The number of rotatable bonds is 5. The summed E-state index contributed by atoms with van der Waals surface area (Å²) in [6, 6.07) is 15.3. The van der Waals surface area contributed by atoms with Gasteiger partial charge in [0.15, 0.2) is 0 Å². The molecular formula is C20H17ClN2O4. The van der Waals surface area contributed by atoms with Gasteiger partial charge < -0.3 is 10.1 Å². The monoisotopic (exact) mass is 384 g/mol. The molecule has 2 aromatic carbocycles. The van der Waals surface area contributed by atoms with E-state index in [9.17, 15) is 14.4 Å². The predicted octanol–water partition coefficient (Wildman–Crippen LogP) is 3.15. The summed E-state index contributed by atoms with van der Waals surface area (Å²) in [7, 11) is 1.26. The Bertz CT molecular complexity index is 940. The minimum atomic E-state index is -0.647. The third-order valence-corrected chi connectivity index (χ3v) is 4.56. The number of carbonyl (C=O) groups is 3. The van der Waals surface area contributed by atoms with Crippen molar-refractivity contribution in [3.05, 3.63) is 76.5 Å². The van der Waals surface area contributed by atoms with Crippen LogP contribution in [-0.4, -0.2) is 24.9 Å². The second-order valence-corrected chi connectivity index (χ2v) is 6.33. The lowest BCUT2D eigenvalue weighted by Gasteiger charge is -2.18. The minimum Gasteiger partial charge on any atom is -0.465 e. The summed E-state index contributed by atoms with van der Waals surface area (Å²) in [5.41, 5.74) is 1.45. The molecule has 1 aliphatic rings. The van der Waals surface area contributed by atoms with Crippen LogP contribution < -0.4 is 10.2 Å². The number of halogens is 1. The molecule has 0 bridgehead atoms. The first-order valence-corrected chi connectivity index (χ1v) is 8.60. The molecule has 2 aromatic rings. The highest BCUT2D eigenvalue weighted by atomic mass is 35.5. The van der Waals surface area contributed by atoms with Crippen molar-refractivity contribution in [2.45, 2.75) is 13.0 Å². The normalized spacial score (nSPS) is 15.1. The van der Waals surface area contributed by atoms with Gasteiger partial charge in [0, 0.05) is 6.04 Å². The largest absolute Gasteiger partial charge is 0.465 e. The van der Waals surface area contributed by atoms with Gasteiger partial charge in [-0.05, 0) is 30.7 Å². The van der Waals surface area contributed by atoms with Crippen molar-refractivity contribution in [1.29, 1.82) is 0 Å². The number of amides is 2. The van der Waals surface area contributed by atoms with E-state index in [1.807, 2.05) is 37.3 Å². The summed E-state index contributed by atoms with van der Waals surface area (Å²) >= 11 is 6.14. The lowest BCUT2D eigenvalue weighted by molar-refractivity contribution is -0.120. The summed E-state index contributed by atoms with van der Waals surface area (Å²) in [6.45, 7) is 1.87. The van der Waals surface area contributed by atoms with Crippen molar-refractivity contribution in [1.82, 2.24) is 5.32 Å². The van der Waals surface area contributed by atoms with Crippen LogP contribution in [0.2, 0.25) is 0 Å². The van der Waals surface area contributed by atoms with Crippen LogP contribution in [0.5, 0.6) is 0 Å². The number of carbonyl (C=O) groups excluding carboxylic acids is 3. The van der Waals surface area contributed by atoms with E-state index in [0.29, 0.717) is 0 Å². The molecule has 0 radical (unpaired) electrons. The number of nitrogens with zero attached hydrogens (tertiary/aromatic N) is 1.